The zero-order chi connectivity index (χ0) is 30.9. The van der Waals surface area contributed by atoms with Crippen LogP contribution in [0.25, 0.3) is 42.5 Å². The van der Waals surface area contributed by atoms with Gasteiger partial charge in [0.2, 0.25) is 0 Å². The zero-order valence-corrected chi connectivity index (χ0v) is 26.0. The molecule has 232 valence electrons. The molecule has 0 unspecified atom stereocenters. The molecule has 11 nitrogen and oxygen atoms in total. The van der Waals surface area contributed by atoms with Crippen LogP contribution >= 0.6 is 11.3 Å². The van der Waals surface area contributed by atoms with E-state index in [1.165, 1.54) is 11.3 Å². The van der Waals surface area contributed by atoms with Crippen molar-refractivity contribution in [3.8, 4) is 23.3 Å². The van der Waals surface area contributed by atoms with Crippen LogP contribution in [0.4, 0.5) is 10.2 Å². The smallest absolute Gasteiger partial charge is 0.319 e. The Morgan fingerprint density at radius 3 is 3.07 bits per heavy atom. The number of nitrogens with zero attached hydrogens (tertiary/aromatic N) is 7. The molecule has 4 aromatic heterocycles. The van der Waals surface area contributed by atoms with E-state index in [1.54, 1.807) is 19.3 Å². The number of anilines is 1. The van der Waals surface area contributed by atoms with E-state index >= 15 is 0 Å². The number of aromatic amines is 1. The van der Waals surface area contributed by atoms with Crippen LogP contribution in [0.2, 0.25) is 0 Å². The van der Waals surface area contributed by atoms with Crippen LogP contribution in [0.3, 0.4) is 0 Å². The van der Waals surface area contributed by atoms with Crippen LogP contribution in [0.15, 0.2) is 24.5 Å². The van der Waals surface area contributed by atoms with Crippen molar-refractivity contribution in [2.45, 2.75) is 50.4 Å². The third-order valence-corrected chi connectivity index (χ3v) is 10.6. The van der Waals surface area contributed by atoms with Gasteiger partial charge in [0.25, 0.3) is 0 Å². The average molecular weight is 629 g/mol. The van der Waals surface area contributed by atoms with Gasteiger partial charge in [0.05, 0.1) is 58.4 Å². The number of hydrogen-bond donors (Lipinski definition) is 2. The number of nitriles is 1. The number of aromatic nitrogens is 5. The molecule has 0 aliphatic carbocycles. The van der Waals surface area contributed by atoms with Crippen molar-refractivity contribution < 1.29 is 19.0 Å². The van der Waals surface area contributed by atoms with E-state index in [2.05, 4.69) is 21.2 Å². The van der Waals surface area contributed by atoms with Gasteiger partial charge in [-0.3, -0.25) is 15.0 Å². The molecule has 8 rings (SSSR count). The lowest BCUT2D eigenvalue weighted by Crippen LogP contribution is -2.43. The van der Waals surface area contributed by atoms with Crippen molar-refractivity contribution in [3.05, 3.63) is 35.7 Å². The van der Waals surface area contributed by atoms with Crippen LogP contribution in [0, 0.1) is 18.3 Å². The highest BCUT2D eigenvalue weighted by molar-refractivity contribution is 7.26. The summed E-state index contributed by atoms with van der Waals surface area (Å²) in [6.45, 7) is 6.76. The number of pyridine rings is 1. The van der Waals surface area contributed by atoms with E-state index in [0.29, 0.717) is 61.2 Å². The van der Waals surface area contributed by atoms with Gasteiger partial charge in [0.1, 0.15) is 35.1 Å². The molecule has 13 heteroatoms. The Kier molecular flexibility index (Phi) is 6.69. The van der Waals surface area contributed by atoms with Gasteiger partial charge in [-0.25, -0.2) is 4.39 Å². The molecule has 5 aromatic rings. The molecule has 3 atom stereocenters. The van der Waals surface area contributed by atoms with Crippen LogP contribution < -0.4 is 9.64 Å². The van der Waals surface area contributed by atoms with Gasteiger partial charge in [-0.2, -0.15) is 20.3 Å². The third-order valence-electron chi connectivity index (χ3n) is 9.48. The highest BCUT2D eigenvalue weighted by Crippen LogP contribution is 2.45. The number of hydrogen-bond acceptors (Lipinski definition) is 11. The number of fused-ring (bicyclic) bond motifs is 5. The van der Waals surface area contributed by atoms with E-state index < -0.39 is 11.8 Å². The van der Waals surface area contributed by atoms with Crippen molar-refractivity contribution in [2.24, 2.45) is 0 Å². The van der Waals surface area contributed by atoms with E-state index in [1.807, 2.05) is 24.0 Å². The largest absolute Gasteiger partial charge is 0.461 e. The Morgan fingerprint density at radius 2 is 2.20 bits per heavy atom. The summed E-state index contributed by atoms with van der Waals surface area (Å²) in [6, 6.07) is 6.48. The van der Waals surface area contributed by atoms with E-state index in [-0.39, 0.29) is 18.2 Å². The first-order chi connectivity index (χ1) is 21.7. The number of β-amino-alcohol motifs (C(OH)–C–C–N with tert-alkyl or cyclic N) is 1. The molecule has 2 N–H and O–H groups in total. The Morgan fingerprint density at radius 1 is 1.31 bits per heavy atom. The predicted octanol–water partition coefficient (Wildman–Crippen LogP) is 4.51. The fraction of sp³-hybridized carbons (Fsp3) is 0.469. The first-order valence-corrected chi connectivity index (χ1v) is 16.1. The second kappa shape index (κ2) is 10.6. The standard InChI is InChI=1S/C32H33FN8O3S/c1-18-10-23-22(13-36-39-23)24(21(18)12-34)26-27-20(4-6-35-26)25-28(40-8-9-43-16-31(2,42)15-40)37-30(38-29(25)45-27)44-17-32-5-3-7-41(32)14-19(33)11-32/h4,6,10,13,19,42H,3,5,7-9,11,14-17H2,1-2H3,(H,36,39)/t19-,31+,32+/m1/s1. The summed E-state index contributed by atoms with van der Waals surface area (Å²) in [7, 11) is 0. The molecule has 0 spiro atoms. The Hall–Kier alpha value is -3.96. The molecule has 0 amide bonds. The molecule has 7 heterocycles. The minimum absolute atomic E-state index is 0.216. The topological polar surface area (TPSA) is 136 Å². The van der Waals surface area contributed by atoms with Gasteiger partial charge >= 0.3 is 6.01 Å². The summed E-state index contributed by atoms with van der Waals surface area (Å²) >= 11 is 1.47. The summed E-state index contributed by atoms with van der Waals surface area (Å²) in [5.41, 5.74) is 2.15. The fourth-order valence-electron chi connectivity index (χ4n) is 7.48. The van der Waals surface area contributed by atoms with E-state index in [0.717, 1.165) is 56.9 Å². The third kappa shape index (κ3) is 4.70. The lowest BCUT2D eigenvalue weighted by molar-refractivity contribution is -0.0123. The number of halogens is 1. The summed E-state index contributed by atoms with van der Waals surface area (Å²) in [4.78, 5) is 19.6. The summed E-state index contributed by atoms with van der Waals surface area (Å²) in [6.07, 6.45) is 4.97. The molecule has 0 radical (unpaired) electrons. The van der Waals surface area contributed by atoms with Gasteiger partial charge in [0, 0.05) is 42.0 Å². The number of rotatable bonds is 5. The van der Waals surface area contributed by atoms with Crippen LogP contribution in [-0.4, -0.2) is 98.5 Å². The molecule has 3 fully saturated rings. The van der Waals surface area contributed by atoms with Crippen molar-refractivity contribution in [1.29, 1.82) is 5.26 Å². The minimum Gasteiger partial charge on any atom is -0.461 e. The number of ether oxygens (including phenoxy) is 2. The van der Waals surface area contributed by atoms with Gasteiger partial charge in [-0.15, -0.1) is 11.3 Å². The number of aliphatic hydroxyl groups is 1. The molecule has 3 saturated heterocycles. The maximum atomic E-state index is 14.5. The molecule has 3 aliphatic heterocycles. The molecule has 0 saturated carbocycles. The maximum Gasteiger partial charge on any atom is 0.319 e. The highest BCUT2D eigenvalue weighted by Gasteiger charge is 2.49. The monoisotopic (exact) mass is 628 g/mol. The number of nitrogens with one attached hydrogen (secondary N) is 1. The van der Waals surface area contributed by atoms with Crippen molar-refractivity contribution >= 4 is 48.4 Å². The summed E-state index contributed by atoms with van der Waals surface area (Å²) < 4.78 is 27.5. The van der Waals surface area contributed by atoms with Gasteiger partial charge < -0.3 is 19.5 Å². The van der Waals surface area contributed by atoms with E-state index in [9.17, 15) is 14.8 Å². The van der Waals surface area contributed by atoms with Crippen LogP contribution in [0.5, 0.6) is 6.01 Å². The number of H-pyrrole nitrogens is 1. The second-order valence-corrected chi connectivity index (χ2v) is 13.9. The van der Waals surface area contributed by atoms with Crippen LogP contribution in [-0.2, 0) is 4.74 Å². The lowest BCUT2D eigenvalue weighted by Gasteiger charge is -2.31. The first-order valence-electron chi connectivity index (χ1n) is 15.3. The van der Waals surface area contributed by atoms with Gasteiger partial charge in [-0.1, -0.05) is 0 Å². The molecular weight excluding hydrogens is 595 g/mol. The number of benzene rings is 1. The Balaban J connectivity index is 1.31. The fourth-order valence-corrected chi connectivity index (χ4v) is 8.63. The zero-order valence-electron chi connectivity index (χ0n) is 25.1. The van der Waals surface area contributed by atoms with Crippen LogP contribution in [0.1, 0.15) is 37.3 Å². The molecular formula is C32H33FN8O3S. The number of aryl methyl sites for hydroxylation is 1. The number of alkyl halides is 1. The molecule has 45 heavy (non-hydrogen) atoms. The molecule has 1 aromatic carbocycles. The normalized spacial score (nSPS) is 25.7. The van der Waals surface area contributed by atoms with Crippen molar-refractivity contribution in [1.82, 2.24) is 30.0 Å². The van der Waals surface area contributed by atoms with Gasteiger partial charge in [-0.05, 0) is 50.9 Å². The lowest BCUT2D eigenvalue weighted by atomic mass is 9.95. The Bertz CT molecular complexity index is 2000. The first kappa shape index (κ1) is 28.5. The SMILES string of the molecule is Cc1cc2[nH]ncc2c(-c2nccc3c2sc2nc(OC[C@@]45CCCN4C[C@H](F)C5)nc(N4CCOC[C@@](C)(O)C4)c23)c1C#N. The summed E-state index contributed by atoms with van der Waals surface area (Å²) in [5.74, 6) is 0.637. The molecule has 3 aliphatic rings. The minimum atomic E-state index is -1.09. The predicted molar refractivity (Wildman–Crippen MR) is 169 cm³/mol. The van der Waals surface area contributed by atoms with Crippen molar-refractivity contribution in [2.75, 3.05) is 50.9 Å². The average Bonchev–Trinajstić information content (AvgIpc) is 3.75. The van der Waals surface area contributed by atoms with Gasteiger partial charge in [0.15, 0.2) is 0 Å². The van der Waals surface area contributed by atoms with Crippen molar-refractivity contribution in [3.63, 3.8) is 0 Å². The van der Waals surface area contributed by atoms with E-state index in [4.69, 9.17) is 24.4 Å². The number of thiophene rings is 1. The Labute approximate surface area is 262 Å². The summed E-state index contributed by atoms with van der Waals surface area (Å²) in [5, 5.41) is 31.1. The highest BCUT2D eigenvalue weighted by atomic mass is 32.1. The quantitative estimate of drug-likeness (QED) is 0.286. The second-order valence-electron chi connectivity index (χ2n) is 12.9. The molecule has 0 bridgehead atoms. The maximum absolute atomic E-state index is 14.5.